The number of piperazine rings is 1. The third kappa shape index (κ3) is 4.36. The van der Waals surface area contributed by atoms with Gasteiger partial charge in [0.2, 0.25) is 11.7 Å². The van der Waals surface area contributed by atoms with Gasteiger partial charge >= 0.3 is 0 Å². The van der Waals surface area contributed by atoms with Crippen molar-refractivity contribution < 1.29 is 9.32 Å². The molecule has 1 fully saturated rings. The van der Waals surface area contributed by atoms with Crippen molar-refractivity contribution in [3.05, 3.63) is 83.5 Å². The molecule has 0 radical (unpaired) electrons. The number of nitrogens with zero attached hydrogens (tertiary/aromatic N) is 6. The van der Waals surface area contributed by atoms with Gasteiger partial charge in [0.15, 0.2) is 5.69 Å². The standard InChI is InChI=1S/C26H28N6O2/c1-18-9-11-21(12-10-18)24-27-25(34-29-24)20(3)30-13-15-31(16-14-30)26(33)23-17-19(2)32(28-23)22-7-5-4-6-8-22/h4-12,17,20H,13-16H2,1-3H3. The van der Waals surface area contributed by atoms with Gasteiger partial charge in [0, 0.05) is 37.4 Å². The van der Waals surface area contributed by atoms with E-state index in [0.29, 0.717) is 30.5 Å². The first kappa shape index (κ1) is 22.0. The summed E-state index contributed by atoms with van der Waals surface area (Å²) in [5.41, 5.74) is 4.48. The molecule has 1 unspecified atom stereocenters. The molecule has 3 heterocycles. The van der Waals surface area contributed by atoms with Crippen LogP contribution in [0.1, 0.15) is 40.6 Å². The molecule has 5 rings (SSSR count). The second-order valence-corrected chi connectivity index (χ2v) is 8.74. The molecule has 0 spiro atoms. The van der Waals surface area contributed by atoms with Crippen molar-refractivity contribution in [2.45, 2.75) is 26.8 Å². The third-order valence-corrected chi connectivity index (χ3v) is 6.37. The van der Waals surface area contributed by atoms with Gasteiger partial charge in [-0.1, -0.05) is 53.2 Å². The molecule has 2 aromatic carbocycles. The maximum Gasteiger partial charge on any atom is 0.274 e. The zero-order valence-corrected chi connectivity index (χ0v) is 19.7. The monoisotopic (exact) mass is 456 g/mol. The Balaban J connectivity index is 1.22. The number of hydrogen-bond donors (Lipinski definition) is 0. The van der Waals surface area contributed by atoms with Crippen LogP contribution in [0.2, 0.25) is 0 Å². The first-order valence-electron chi connectivity index (χ1n) is 11.6. The predicted molar refractivity (Wildman–Crippen MR) is 129 cm³/mol. The van der Waals surface area contributed by atoms with Crippen molar-refractivity contribution >= 4 is 5.91 Å². The van der Waals surface area contributed by atoms with Crippen LogP contribution in [0.4, 0.5) is 0 Å². The maximum atomic E-state index is 13.1. The first-order valence-corrected chi connectivity index (χ1v) is 11.6. The number of aryl methyl sites for hydroxylation is 2. The van der Waals surface area contributed by atoms with Crippen LogP contribution in [0.3, 0.4) is 0 Å². The molecule has 1 saturated heterocycles. The van der Waals surface area contributed by atoms with E-state index in [1.54, 1.807) is 0 Å². The Hall–Kier alpha value is -3.78. The molecule has 4 aromatic rings. The Morgan fingerprint density at radius 3 is 2.38 bits per heavy atom. The van der Waals surface area contributed by atoms with E-state index in [1.165, 1.54) is 5.56 Å². The van der Waals surface area contributed by atoms with Gasteiger partial charge in [-0.3, -0.25) is 9.69 Å². The van der Waals surface area contributed by atoms with E-state index < -0.39 is 0 Å². The number of hydrogen-bond acceptors (Lipinski definition) is 6. The molecule has 8 nitrogen and oxygen atoms in total. The summed E-state index contributed by atoms with van der Waals surface area (Å²) >= 11 is 0. The van der Waals surface area contributed by atoms with Crippen LogP contribution < -0.4 is 0 Å². The van der Waals surface area contributed by atoms with Gasteiger partial charge in [-0.15, -0.1) is 0 Å². The van der Waals surface area contributed by atoms with Crippen molar-refractivity contribution in [1.29, 1.82) is 0 Å². The van der Waals surface area contributed by atoms with E-state index in [2.05, 4.69) is 27.1 Å². The number of rotatable bonds is 5. The minimum Gasteiger partial charge on any atom is -0.337 e. The fourth-order valence-electron chi connectivity index (χ4n) is 4.26. The summed E-state index contributed by atoms with van der Waals surface area (Å²) in [7, 11) is 0. The van der Waals surface area contributed by atoms with Crippen LogP contribution >= 0.6 is 0 Å². The summed E-state index contributed by atoms with van der Waals surface area (Å²) in [5, 5.41) is 8.73. The Labute approximate surface area is 198 Å². The average Bonchev–Trinajstić information content (AvgIpc) is 3.52. The Morgan fingerprint density at radius 2 is 1.68 bits per heavy atom. The highest BCUT2D eigenvalue weighted by Gasteiger charge is 2.29. The molecule has 1 atom stereocenters. The van der Waals surface area contributed by atoms with Crippen LogP contribution in [-0.2, 0) is 0 Å². The lowest BCUT2D eigenvalue weighted by Crippen LogP contribution is -2.49. The van der Waals surface area contributed by atoms with Crippen molar-refractivity contribution in [3.63, 3.8) is 0 Å². The van der Waals surface area contributed by atoms with E-state index in [0.717, 1.165) is 30.0 Å². The fourth-order valence-corrected chi connectivity index (χ4v) is 4.26. The third-order valence-electron chi connectivity index (χ3n) is 6.37. The lowest BCUT2D eigenvalue weighted by atomic mass is 10.1. The minimum atomic E-state index is -0.0375. The Morgan fingerprint density at radius 1 is 0.971 bits per heavy atom. The Bertz CT molecular complexity index is 1270. The number of benzene rings is 2. The second-order valence-electron chi connectivity index (χ2n) is 8.74. The van der Waals surface area contributed by atoms with Crippen molar-refractivity contribution in [2.75, 3.05) is 26.2 Å². The largest absolute Gasteiger partial charge is 0.337 e. The van der Waals surface area contributed by atoms with Gasteiger partial charge < -0.3 is 9.42 Å². The molecule has 0 aliphatic carbocycles. The van der Waals surface area contributed by atoms with E-state index in [-0.39, 0.29) is 11.9 Å². The van der Waals surface area contributed by atoms with Gasteiger partial charge in [0.1, 0.15) is 0 Å². The minimum absolute atomic E-state index is 0.0246. The quantitative estimate of drug-likeness (QED) is 0.451. The molecule has 0 N–H and O–H groups in total. The van der Waals surface area contributed by atoms with E-state index in [1.807, 2.05) is 84.1 Å². The molecular formula is C26H28N6O2. The summed E-state index contributed by atoms with van der Waals surface area (Å²) in [6, 6.07) is 19.8. The smallest absolute Gasteiger partial charge is 0.274 e. The number of aromatic nitrogens is 4. The summed E-state index contributed by atoms with van der Waals surface area (Å²) < 4.78 is 7.38. The molecule has 2 aromatic heterocycles. The lowest BCUT2D eigenvalue weighted by Gasteiger charge is -2.36. The molecule has 8 heteroatoms. The van der Waals surface area contributed by atoms with Crippen molar-refractivity contribution in [2.24, 2.45) is 0 Å². The summed E-state index contributed by atoms with van der Waals surface area (Å²) in [4.78, 5) is 21.9. The number of amides is 1. The topological polar surface area (TPSA) is 80.3 Å². The molecule has 174 valence electrons. The summed E-state index contributed by atoms with van der Waals surface area (Å²) in [6.45, 7) is 8.79. The van der Waals surface area contributed by atoms with E-state index in [9.17, 15) is 4.79 Å². The van der Waals surface area contributed by atoms with Gasteiger partial charge in [-0.25, -0.2) is 4.68 Å². The van der Waals surface area contributed by atoms with Gasteiger partial charge in [0.25, 0.3) is 5.91 Å². The van der Waals surface area contributed by atoms with Crippen LogP contribution in [-0.4, -0.2) is 61.8 Å². The van der Waals surface area contributed by atoms with Gasteiger partial charge in [-0.05, 0) is 39.0 Å². The van der Waals surface area contributed by atoms with Gasteiger partial charge in [0.05, 0.1) is 11.7 Å². The lowest BCUT2D eigenvalue weighted by molar-refractivity contribution is 0.0546. The SMILES string of the molecule is Cc1ccc(-c2noc(C(C)N3CCN(C(=O)c4cc(C)n(-c5ccccc5)n4)CC3)n2)cc1. The maximum absolute atomic E-state index is 13.1. The fraction of sp³-hybridized carbons (Fsp3) is 0.308. The zero-order chi connectivity index (χ0) is 23.7. The number of para-hydroxylation sites is 1. The first-order chi connectivity index (χ1) is 16.5. The Kier molecular flexibility index (Phi) is 5.98. The molecule has 1 aliphatic rings. The van der Waals surface area contributed by atoms with Crippen LogP contribution in [0.25, 0.3) is 17.1 Å². The van der Waals surface area contributed by atoms with Gasteiger partial charge in [-0.2, -0.15) is 10.1 Å². The molecule has 0 saturated carbocycles. The molecule has 1 aliphatic heterocycles. The summed E-state index contributed by atoms with van der Waals surface area (Å²) in [5.74, 6) is 1.15. The zero-order valence-electron chi connectivity index (χ0n) is 19.7. The van der Waals surface area contributed by atoms with Crippen LogP contribution in [0, 0.1) is 13.8 Å². The molecular weight excluding hydrogens is 428 g/mol. The van der Waals surface area contributed by atoms with E-state index >= 15 is 0 Å². The van der Waals surface area contributed by atoms with Crippen LogP contribution in [0.5, 0.6) is 0 Å². The second kappa shape index (κ2) is 9.23. The molecule has 34 heavy (non-hydrogen) atoms. The van der Waals surface area contributed by atoms with Crippen molar-refractivity contribution in [3.8, 4) is 17.1 Å². The highest BCUT2D eigenvalue weighted by atomic mass is 16.5. The van der Waals surface area contributed by atoms with Crippen LogP contribution in [0.15, 0.2) is 65.2 Å². The van der Waals surface area contributed by atoms with Crippen molar-refractivity contribution in [1.82, 2.24) is 29.7 Å². The highest BCUT2D eigenvalue weighted by Crippen LogP contribution is 2.24. The predicted octanol–water partition coefficient (Wildman–Crippen LogP) is 4.06. The summed E-state index contributed by atoms with van der Waals surface area (Å²) in [6.07, 6.45) is 0. The normalized spacial score (nSPS) is 15.4. The number of carbonyl (C=O) groups is 1. The number of carbonyl (C=O) groups excluding carboxylic acids is 1. The van der Waals surface area contributed by atoms with E-state index in [4.69, 9.17) is 4.52 Å². The average molecular weight is 457 g/mol. The molecule has 1 amide bonds. The molecule has 0 bridgehead atoms. The highest BCUT2D eigenvalue weighted by molar-refractivity contribution is 5.92.